The lowest BCUT2D eigenvalue weighted by Crippen LogP contribution is -2.06. The number of para-hydroxylation sites is 2. The number of aromatic nitrogens is 3. The highest BCUT2D eigenvalue weighted by Crippen LogP contribution is 2.29. The topological polar surface area (TPSA) is 153 Å². The van der Waals surface area contributed by atoms with Crippen molar-refractivity contribution >= 4 is 74.0 Å². The molecule has 50 heavy (non-hydrogen) atoms. The van der Waals surface area contributed by atoms with Gasteiger partial charge in [-0.1, -0.05) is 66.7 Å². The van der Waals surface area contributed by atoms with Gasteiger partial charge in [0.15, 0.2) is 0 Å². The lowest BCUT2D eigenvalue weighted by molar-refractivity contribution is 0.483. The summed E-state index contributed by atoms with van der Waals surface area (Å²) in [4.78, 5) is 12.8. The van der Waals surface area contributed by atoms with E-state index in [1.54, 1.807) is 31.2 Å². The summed E-state index contributed by atoms with van der Waals surface area (Å²) in [6.07, 6.45) is 3.43. The summed E-state index contributed by atoms with van der Waals surface area (Å²) in [6, 6.07) is 38.0. The molecule has 6 rings (SSSR count). The molecule has 0 amide bonds. The van der Waals surface area contributed by atoms with Gasteiger partial charge in [0.05, 0.1) is 0 Å². The normalized spacial score (nSPS) is 11.3. The Morgan fingerprint density at radius 2 is 1.10 bits per heavy atom. The van der Waals surface area contributed by atoms with Gasteiger partial charge in [0.1, 0.15) is 10.7 Å². The maximum atomic E-state index is 12.4. The van der Waals surface area contributed by atoms with Crippen LogP contribution in [0.25, 0.3) is 12.2 Å². The highest BCUT2D eigenvalue weighted by Gasteiger charge is 2.16. The smallest absolute Gasteiger partial charge is 0.295 e. The molecule has 0 saturated heterocycles. The molecule has 0 spiro atoms. The predicted octanol–water partition coefficient (Wildman–Crippen LogP) is 9.00. The third-order valence-electron chi connectivity index (χ3n) is 7.36. The molecule has 11 nitrogen and oxygen atoms in total. The van der Waals surface area contributed by atoms with Gasteiger partial charge in [-0.2, -0.15) is 23.4 Å². The van der Waals surface area contributed by atoms with Gasteiger partial charge in [0, 0.05) is 46.4 Å². The molecule has 0 unspecified atom stereocenters. The number of anilines is 9. The van der Waals surface area contributed by atoms with Crippen LogP contribution < -0.4 is 26.6 Å². The summed E-state index contributed by atoms with van der Waals surface area (Å²) >= 11 is 0. The van der Waals surface area contributed by atoms with E-state index >= 15 is 0 Å². The Hall–Kier alpha value is -6.24. The van der Waals surface area contributed by atoms with Crippen molar-refractivity contribution in [2.75, 3.05) is 33.1 Å². The Balaban J connectivity index is 1.16. The van der Waals surface area contributed by atoms with E-state index in [1.165, 1.54) is 6.07 Å². The molecule has 0 aliphatic carbocycles. The third kappa shape index (κ3) is 9.22. The minimum Gasteiger partial charge on any atom is -0.385 e. The van der Waals surface area contributed by atoms with Crippen LogP contribution in [0.4, 0.5) is 51.7 Å². The van der Waals surface area contributed by atoms with Crippen molar-refractivity contribution < 1.29 is 13.0 Å². The minimum absolute atomic E-state index is 0.214. The van der Waals surface area contributed by atoms with Gasteiger partial charge in [0.2, 0.25) is 11.9 Å². The van der Waals surface area contributed by atoms with Gasteiger partial charge in [-0.25, -0.2) is 0 Å². The molecular weight excluding hydrogens is 649 g/mol. The molecule has 0 atom stereocenters. The molecule has 0 bridgehead atoms. The lowest BCUT2D eigenvalue weighted by atomic mass is 10.1. The number of hydrogen-bond acceptors (Lipinski definition) is 10. The summed E-state index contributed by atoms with van der Waals surface area (Å²) in [7, 11) is -4.56. The van der Waals surface area contributed by atoms with E-state index in [4.69, 9.17) is 0 Å². The monoisotopic (exact) mass is 684 g/mol. The van der Waals surface area contributed by atoms with Crippen LogP contribution in [-0.4, -0.2) is 34.5 Å². The molecule has 6 N–H and O–H groups in total. The summed E-state index contributed by atoms with van der Waals surface area (Å²) in [6.45, 7) is 4.58. The fourth-order valence-corrected chi connectivity index (χ4v) is 5.85. The highest BCUT2D eigenvalue weighted by atomic mass is 32.2. The van der Waals surface area contributed by atoms with Crippen molar-refractivity contribution in [1.29, 1.82) is 0 Å². The summed E-state index contributed by atoms with van der Waals surface area (Å²) in [5.74, 6) is 1.00. The highest BCUT2D eigenvalue weighted by molar-refractivity contribution is 7.86. The van der Waals surface area contributed by atoms with E-state index in [-0.39, 0.29) is 10.8 Å². The number of rotatable bonds is 13. The number of nitrogens with zero attached hydrogens (tertiary/aromatic N) is 3. The molecule has 5 aromatic carbocycles. The second-order valence-corrected chi connectivity index (χ2v) is 12.7. The van der Waals surface area contributed by atoms with Crippen molar-refractivity contribution in [3.63, 3.8) is 0 Å². The van der Waals surface area contributed by atoms with Gasteiger partial charge >= 0.3 is 0 Å². The minimum atomic E-state index is -4.56. The van der Waals surface area contributed by atoms with E-state index in [9.17, 15) is 13.0 Å². The summed E-state index contributed by atoms with van der Waals surface area (Å²) in [5.41, 5.74) is 7.05. The van der Waals surface area contributed by atoms with Crippen LogP contribution in [0.15, 0.2) is 126 Å². The predicted molar refractivity (Wildman–Crippen MR) is 203 cm³/mol. The molecule has 0 aliphatic heterocycles. The van der Waals surface area contributed by atoms with Crippen LogP contribution in [0.2, 0.25) is 0 Å². The molecule has 252 valence electrons. The van der Waals surface area contributed by atoms with E-state index in [1.807, 2.05) is 97.1 Å². The average Bonchev–Trinajstić information content (AvgIpc) is 3.09. The van der Waals surface area contributed by atoms with E-state index < -0.39 is 10.1 Å². The lowest BCUT2D eigenvalue weighted by Gasteiger charge is -2.14. The number of hydrogen-bond donors (Lipinski definition) is 6. The molecule has 0 radical (unpaired) electrons. The fourth-order valence-electron chi connectivity index (χ4n) is 5.14. The van der Waals surface area contributed by atoms with Gasteiger partial charge in [-0.3, -0.25) is 4.55 Å². The van der Waals surface area contributed by atoms with Crippen LogP contribution >= 0.6 is 0 Å². The summed E-state index contributed by atoms with van der Waals surface area (Å²) in [5, 5.41) is 16.4. The van der Waals surface area contributed by atoms with Crippen molar-refractivity contribution in [2.45, 2.75) is 18.7 Å². The Labute approximate surface area is 291 Å². The molecule has 0 fully saturated rings. The Morgan fingerprint density at radius 3 is 1.68 bits per heavy atom. The van der Waals surface area contributed by atoms with Gasteiger partial charge in [-0.05, 0) is 91.7 Å². The zero-order chi connectivity index (χ0) is 34.9. The third-order valence-corrected chi connectivity index (χ3v) is 8.27. The zero-order valence-electron chi connectivity index (χ0n) is 27.4. The first-order chi connectivity index (χ1) is 24.2. The molecule has 1 heterocycles. The molecule has 12 heteroatoms. The first-order valence-electron chi connectivity index (χ1n) is 15.9. The number of benzene rings is 5. The number of aryl methyl sites for hydroxylation is 1. The van der Waals surface area contributed by atoms with E-state index in [0.717, 1.165) is 46.2 Å². The van der Waals surface area contributed by atoms with Gasteiger partial charge in [0.25, 0.3) is 10.1 Å². The molecular formula is C38H36N8O3S. The van der Waals surface area contributed by atoms with Crippen LogP contribution in [-0.2, 0) is 10.1 Å². The van der Waals surface area contributed by atoms with Crippen LogP contribution in [0.1, 0.15) is 23.9 Å². The van der Waals surface area contributed by atoms with Crippen molar-refractivity contribution in [3.8, 4) is 0 Å². The molecule has 0 aliphatic rings. The summed E-state index contributed by atoms with van der Waals surface area (Å²) < 4.78 is 34.9. The van der Waals surface area contributed by atoms with Crippen LogP contribution in [0, 0.1) is 6.92 Å². The largest absolute Gasteiger partial charge is 0.385 e. The fraction of sp³-hybridized carbons (Fsp3) is 0.0789. The maximum Gasteiger partial charge on any atom is 0.295 e. The quantitative estimate of drug-likeness (QED) is 0.0510. The number of nitrogens with one attached hydrogen (secondary N) is 5. The average molecular weight is 685 g/mol. The Kier molecular flexibility index (Phi) is 10.3. The van der Waals surface area contributed by atoms with Crippen molar-refractivity contribution in [2.24, 2.45) is 0 Å². The van der Waals surface area contributed by atoms with E-state index in [2.05, 4.69) is 54.5 Å². The molecule has 0 saturated carbocycles. The maximum absolute atomic E-state index is 12.4. The van der Waals surface area contributed by atoms with Gasteiger partial charge < -0.3 is 26.6 Å². The second-order valence-electron chi connectivity index (χ2n) is 11.3. The van der Waals surface area contributed by atoms with Crippen molar-refractivity contribution in [3.05, 3.63) is 138 Å². The first-order valence-corrected chi connectivity index (χ1v) is 17.3. The molecule has 1 aromatic heterocycles. The second kappa shape index (κ2) is 15.3. The Bertz CT molecular complexity index is 2210. The van der Waals surface area contributed by atoms with E-state index in [0.29, 0.717) is 23.0 Å². The Morgan fingerprint density at radius 1 is 0.580 bits per heavy atom. The van der Waals surface area contributed by atoms with Gasteiger partial charge in [-0.15, -0.1) is 0 Å². The molecule has 6 aromatic rings. The first kappa shape index (κ1) is 33.7. The SMILES string of the molecule is CCNc1cc(Nc2ccccc2)cc(Nc2ccc(C=Cc3ccc(Nc4nc(C)nc(Nc5ccccc5)n4)cc3S(=O)(=O)O)cc2)c1. The standard InChI is InChI=1S/C38H36N8O3S/c1-3-39-33-22-34(42-29-10-6-4-7-11-29)24-35(23-33)43-31-19-15-27(16-20-31)14-17-28-18-21-32(25-36(28)50(47,48)49)45-38-41-26(2)40-37(46-38)44-30-12-8-5-9-13-30/h4-25,39,42-43H,3H2,1-2H3,(H,47,48,49)(H2,40,41,44,45,46). The van der Waals surface area contributed by atoms with Crippen molar-refractivity contribution in [1.82, 2.24) is 15.0 Å². The van der Waals surface area contributed by atoms with Crippen LogP contribution in [0.5, 0.6) is 0 Å². The van der Waals surface area contributed by atoms with Crippen LogP contribution in [0.3, 0.4) is 0 Å². The zero-order valence-corrected chi connectivity index (χ0v) is 28.2.